The Bertz CT molecular complexity index is 544. The number of fused-ring (bicyclic) bond motifs is 2. The molecule has 19 heavy (non-hydrogen) atoms. The van der Waals surface area contributed by atoms with Crippen LogP contribution in [0.25, 0.3) is 0 Å². The molecule has 2 unspecified atom stereocenters. The number of rotatable bonds is 2. The molecule has 1 N–H and O–H groups in total. The molecule has 2 nitrogen and oxygen atoms in total. The smallest absolute Gasteiger partial charge is 0.167 e. The number of anilines is 1. The summed E-state index contributed by atoms with van der Waals surface area (Å²) in [6, 6.07) is 10.0. The van der Waals surface area contributed by atoms with Gasteiger partial charge in [0.25, 0.3) is 0 Å². The van der Waals surface area contributed by atoms with Crippen molar-refractivity contribution in [2.45, 2.75) is 33.6 Å². The first kappa shape index (κ1) is 12.5. The molecule has 2 heteroatoms. The second-order valence-corrected chi connectivity index (χ2v) is 6.58. The second-order valence-electron chi connectivity index (χ2n) is 6.58. The minimum atomic E-state index is -0.165. The number of ketones is 1. The molecule has 2 saturated carbocycles. The van der Waals surface area contributed by atoms with Gasteiger partial charge in [-0.2, -0.15) is 0 Å². The van der Waals surface area contributed by atoms with Gasteiger partial charge in [-0.3, -0.25) is 4.79 Å². The van der Waals surface area contributed by atoms with Crippen LogP contribution < -0.4 is 5.32 Å². The van der Waals surface area contributed by atoms with Crippen molar-refractivity contribution in [1.82, 2.24) is 0 Å². The van der Waals surface area contributed by atoms with Crippen molar-refractivity contribution in [1.29, 1.82) is 0 Å². The first-order valence-corrected chi connectivity index (χ1v) is 7.03. The number of carbonyl (C=O) groups excluding carboxylic acids is 1. The van der Waals surface area contributed by atoms with Crippen LogP contribution in [0.5, 0.6) is 0 Å². The highest BCUT2D eigenvalue weighted by molar-refractivity contribution is 6.04. The fourth-order valence-corrected chi connectivity index (χ4v) is 3.79. The largest absolute Gasteiger partial charge is 0.361 e. The standard InChI is InChI=1S/C17H21NO/c1-16(2)14-9-10-17(16,3)15(19)13(14)11-18-12-7-5-4-6-8-12/h4-8,11,14,18H,9-10H2,1-3H3/b13-11-. The van der Waals surface area contributed by atoms with Crippen LogP contribution in [0.3, 0.4) is 0 Å². The van der Waals surface area contributed by atoms with Crippen molar-refractivity contribution in [3.05, 3.63) is 42.1 Å². The van der Waals surface area contributed by atoms with Crippen molar-refractivity contribution in [2.24, 2.45) is 16.7 Å². The van der Waals surface area contributed by atoms with Crippen molar-refractivity contribution in [3.63, 3.8) is 0 Å². The molecule has 0 saturated heterocycles. The maximum absolute atomic E-state index is 12.6. The summed E-state index contributed by atoms with van der Waals surface area (Å²) in [7, 11) is 0. The zero-order valence-electron chi connectivity index (χ0n) is 11.9. The third-order valence-corrected chi connectivity index (χ3v) is 5.53. The lowest BCUT2D eigenvalue weighted by molar-refractivity contribution is -0.125. The molecule has 0 aromatic heterocycles. The summed E-state index contributed by atoms with van der Waals surface area (Å²) < 4.78 is 0. The van der Waals surface area contributed by atoms with E-state index < -0.39 is 0 Å². The first-order chi connectivity index (χ1) is 8.97. The van der Waals surface area contributed by atoms with Crippen molar-refractivity contribution < 1.29 is 4.79 Å². The number of hydrogen-bond acceptors (Lipinski definition) is 2. The number of carbonyl (C=O) groups is 1. The Balaban J connectivity index is 1.89. The van der Waals surface area contributed by atoms with Crippen LogP contribution in [0.2, 0.25) is 0 Å². The fraction of sp³-hybridized carbons (Fsp3) is 0.471. The summed E-state index contributed by atoms with van der Waals surface area (Å²) in [6.45, 7) is 6.62. The maximum atomic E-state index is 12.6. The van der Waals surface area contributed by atoms with Crippen LogP contribution in [0.15, 0.2) is 42.1 Å². The molecule has 2 fully saturated rings. The molecule has 1 aromatic carbocycles. The average Bonchev–Trinajstić information content (AvgIpc) is 2.70. The minimum Gasteiger partial charge on any atom is -0.361 e. The van der Waals surface area contributed by atoms with E-state index in [2.05, 4.69) is 26.1 Å². The summed E-state index contributed by atoms with van der Waals surface area (Å²) >= 11 is 0. The van der Waals surface area contributed by atoms with Crippen molar-refractivity contribution in [3.8, 4) is 0 Å². The molecule has 100 valence electrons. The van der Waals surface area contributed by atoms with Gasteiger partial charge in [0, 0.05) is 22.9 Å². The Kier molecular flexibility index (Phi) is 2.60. The van der Waals surface area contributed by atoms with Crippen LogP contribution in [0, 0.1) is 16.7 Å². The van der Waals surface area contributed by atoms with Gasteiger partial charge in [-0.25, -0.2) is 0 Å². The van der Waals surface area contributed by atoms with Gasteiger partial charge in [-0.1, -0.05) is 39.0 Å². The lowest BCUT2D eigenvalue weighted by Crippen LogP contribution is -2.32. The Morgan fingerprint density at radius 3 is 2.47 bits per heavy atom. The molecule has 2 bridgehead atoms. The molecular weight excluding hydrogens is 234 g/mol. The lowest BCUT2D eigenvalue weighted by atomic mass is 9.70. The van der Waals surface area contributed by atoms with E-state index >= 15 is 0 Å². The topological polar surface area (TPSA) is 29.1 Å². The van der Waals surface area contributed by atoms with E-state index in [4.69, 9.17) is 0 Å². The van der Waals surface area contributed by atoms with Gasteiger partial charge in [0.05, 0.1) is 0 Å². The molecular formula is C17H21NO. The van der Waals surface area contributed by atoms with E-state index in [1.165, 1.54) is 0 Å². The maximum Gasteiger partial charge on any atom is 0.167 e. The van der Waals surface area contributed by atoms with Gasteiger partial charge in [-0.05, 0) is 36.3 Å². The molecule has 2 aliphatic rings. The van der Waals surface area contributed by atoms with Gasteiger partial charge in [0.15, 0.2) is 5.78 Å². The third kappa shape index (κ3) is 1.59. The molecule has 0 aliphatic heterocycles. The monoisotopic (exact) mass is 255 g/mol. The van der Waals surface area contributed by atoms with Gasteiger partial charge in [0.2, 0.25) is 0 Å². The first-order valence-electron chi connectivity index (χ1n) is 7.03. The van der Waals surface area contributed by atoms with Crippen LogP contribution >= 0.6 is 0 Å². The molecule has 0 heterocycles. The number of para-hydroxylation sites is 1. The van der Waals surface area contributed by atoms with Crippen molar-refractivity contribution in [2.75, 3.05) is 5.32 Å². The van der Waals surface area contributed by atoms with E-state index in [0.717, 1.165) is 24.1 Å². The van der Waals surface area contributed by atoms with Gasteiger partial charge in [0.1, 0.15) is 0 Å². The van der Waals surface area contributed by atoms with Crippen LogP contribution in [-0.2, 0) is 4.79 Å². The highest BCUT2D eigenvalue weighted by Crippen LogP contribution is 2.65. The molecule has 0 radical (unpaired) electrons. The Hall–Kier alpha value is -1.57. The minimum absolute atomic E-state index is 0.0916. The second kappa shape index (κ2) is 3.96. The normalized spacial score (nSPS) is 33.9. The third-order valence-electron chi connectivity index (χ3n) is 5.53. The average molecular weight is 255 g/mol. The molecule has 2 atom stereocenters. The van der Waals surface area contributed by atoms with Crippen LogP contribution in [-0.4, -0.2) is 5.78 Å². The van der Waals surface area contributed by atoms with Crippen molar-refractivity contribution >= 4 is 11.5 Å². The molecule has 3 rings (SSSR count). The molecule has 0 amide bonds. The summed E-state index contributed by atoms with van der Waals surface area (Å²) in [5, 5.41) is 3.27. The van der Waals surface area contributed by atoms with E-state index in [0.29, 0.717) is 11.7 Å². The summed E-state index contributed by atoms with van der Waals surface area (Å²) in [4.78, 5) is 12.6. The molecule has 2 aliphatic carbocycles. The Labute approximate surface area is 114 Å². The van der Waals surface area contributed by atoms with Crippen LogP contribution in [0.4, 0.5) is 5.69 Å². The number of allylic oxidation sites excluding steroid dienone is 1. The SMILES string of the molecule is CC12CCC(/C(=C/Nc3ccccc3)C1=O)C2(C)C. The quantitative estimate of drug-likeness (QED) is 0.809. The van der Waals surface area contributed by atoms with E-state index in [-0.39, 0.29) is 10.8 Å². The zero-order valence-corrected chi connectivity index (χ0v) is 11.9. The van der Waals surface area contributed by atoms with Crippen LogP contribution in [0.1, 0.15) is 33.6 Å². The number of benzene rings is 1. The predicted molar refractivity (Wildman–Crippen MR) is 77.8 cm³/mol. The van der Waals surface area contributed by atoms with Gasteiger partial charge in [-0.15, -0.1) is 0 Å². The van der Waals surface area contributed by atoms with Gasteiger partial charge < -0.3 is 5.32 Å². The zero-order chi connectivity index (χ0) is 13.7. The van der Waals surface area contributed by atoms with E-state index in [1.807, 2.05) is 36.5 Å². The van der Waals surface area contributed by atoms with E-state index in [9.17, 15) is 4.79 Å². The number of hydrogen-bond donors (Lipinski definition) is 1. The highest BCUT2D eigenvalue weighted by atomic mass is 16.1. The predicted octanol–water partition coefficient (Wildman–Crippen LogP) is 4.01. The lowest BCUT2D eigenvalue weighted by Gasteiger charge is -2.31. The summed E-state index contributed by atoms with van der Waals surface area (Å²) in [5.74, 6) is 0.749. The molecule has 1 aromatic rings. The highest BCUT2D eigenvalue weighted by Gasteiger charge is 2.63. The fourth-order valence-electron chi connectivity index (χ4n) is 3.79. The number of Topliss-reactive ketones (excluding diaryl/α,β-unsaturated/α-hetero) is 1. The summed E-state index contributed by atoms with van der Waals surface area (Å²) in [5.41, 5.74) is 1.95. The Morgan fingerprint density at radius 1 is 1.21 bits per heavy atom. The molecule has 0 spiro atoms. The number of nitrogens with one attached hydrogen (secondary N) is 1. The van der Waals surface area contributed by atoms with E-state index in [1.54, 1.807) is 0 Å². The Morgan fingerprint density at radius 2 is 1.89 bits per heavy atom. The summed E-state index contributed by atoms with van der Waals surface area (Å²) in [6.07, 6.45) is 4.11. The van der Waals surface area contributed by atoms with Gasteiger partial charge >= 0.3 is 0 Å².